The highest BCUT2D eigenvalue weighted by Crippen LogP contribution is 2.22. The number of halogens is 1. The van der Waals surface area contributed by atoms with Gasteiger partial charge < -0.3 is 10.1 Å². The normalized spacial score (nSPS) is 10.9. The van der Waals surface area contributed by atoms with Gasteiger partial charge in [0.15, 0.2) is 5.01 Å². The van der Waals surface area contributed by atoms with Gasteiger partial charge in [-0.15, -0.1) is 10.2 Å². The molecule has 0 amide bonds. The summed E-state index contributed by atoms with van der Waals surface area (Å²) in [5.41, 5.74) is 0.661. The lowest BCUT2D eigenvalue weighted by Crippen LogP contribution is -2.20. The molecule has 2 rings (SSSR count). The van der Waals surface area contributed by atoms with Crippen molar-refractivity contribution in [3.63, 3.8) is 0 Å². The molecule has 2 aromatic heterocycles. The van der Waals surface area contributed by atoms with E-state index < -0.39 is 0 Å². The Morgan fingerprint density at radius 1 is 1.30 bits per heavy atom. The highest BCUT2D eigenvalue weighted by Gasteiger charge is 2.07. The third kappa shape index (κ3) is 4.59. The maximum absolute atomic E-state index is 12.8. The van der Waals surface area contributed by atoms with E-state index in [4.69, 9.17) is 4.74 Å². The van der Waals surface area contributed by atoms with Gasteiger partial charge in [-0.25, -0.2) is 4.39 Å². The fourth-order valence-corrected chi connectivity index (χ4v) is 2.48. The highest BCUT2D eigenvalue weighted by molar-refractivity contribution is 7.14. The molecular formula is C13H17FN4OS. The van der Waals surface area contributed by atoms with E-state index in [1.165, 1.54) is 23.6 Å². The number of nitrogens with zero attached hydrogens (tertiary/aromatic N) is 3. The van der Waals surface area contributed by atoms with Gasteiger partial charge in [-0.1, -0.05) is 11.3 Å². The zero-order valence-electron chi connectivity index (χ0n) is 11.3. The van der Waals surface area contributed by atoms with Gasteiger partial charge in [0.2, 0.25) is 0 Å². The molecule has 0 bridgehead atoms. The van der Waals surface area contributed by atoms with Gasteiger partial charge in [0.1, 0.15) is 16.5 Å². The molecule has 108 valence electrons. The zero-order chi connectivity index (χ0) is 14.2. The standard InChI is InChI=1S/C13H17FN4OS/c1-19-8-7-15-6-2-3-12-17-18-13(20-12)11-5-4-10(14)9-16-11/h4-5,9,15H,2-3,6-8H2,1H3. The second-order valence-electron chi connectivity index (χ2n) is 4.21. The topological polar surface area (TPSA) is 59.9 Å². The summed E-state index contributed by atoms with van der Waals surface area (Å²) in [5.74, 6) is -0.347. The summed E-state index contributed by atoms with van der Waals surface area (Å²) >= 11 is 1.50. The minimum atomic E-state index is -0.347. The molecule has 0 fully saturated rings. The fraction of sp³-hybridized carbons (Fsp3) is 0.462. The van der Waals surface area contributed by atoms with E-state index in [1.807, 2.05) is 0 Å². The van der Waals surface area contributed by atoms with Gasteiger partial charge >= 0.3 is 0 Å². The van der Waals surface area contributed by atoms with Crippen molar-refractivity contribution in [3.8, 4) is 10.7 Å². The molecule has 5 nitrogen and oxygen atoms in total. The van der Waals surface area contributed by atoms with Gasteiger partial charge in [-0.3, -0.25) is 4.98 Å². The summed E-state index contributed by atoms with van der Waals surface area (Å²) in [6.07, 6.45) is 3.06. The maximum atomic E-state index is 12.8. The summed E-state index contributed by atoms with van der Waals surface area (Å²) in [4.78, 5) is 4.00. The Morgan fingerprint density at radius 2 is 2.20 bits per heavy atom. The molecule has 0 aromatic carbocycles. The first kappa shape index (κ1) is 15.0. The monoisotopic (exact) mass is 296 g/mol. The van der Waals surface area contributed by atoms with Crippen LogP contribution in [-0.2, 0) is 11.2 Å². The number of hydrogen-bond donors (Lipinski definition) is 1. The van der Waals surface area contributed by atoms with Crippen molar-refractivity contribution in [2.45, 2.75) is 12.8 Å². The Kier molecular flexibility index (Phi) is 5.97. The molecule has 0 aliphatic rings. The van der Waals surface area contributed by atoms with Crippen LogP contribution in [0.25, 0.3) is 10.7 Å². The molecule has 2 heterocycles. The fourth-order valence-electron chi connectivity index (χ4n) is 1.62. The van der Waals surface area contributed by atoms with Crippen molar-refractivity contribution < 1.29 is 9.13 Å². The quantitative estimate of drug-likeness (QED) is 0.754. The molecule has 0 aliphatic carbocycles. The molecule has 0 unspecified atom stereocenters. The van der Waals surface area contributed by atoms with Crippen molar-refractivity contribution in [1.82, 2.24) is 20.5 Å². The lowest BCUT2D eigenvalue weighted by molar-refractivity contribution is 0.199. The van der Waals surface area contributed by atoms with Crippen LogP contribution in [0.4, 0.5) is 4.39 Å². The number of hydrogen-bond acceptors (Lipinski definition) is 6. The van der Waals surface area contributed by atoms with Crippen LogP contribution in [-0.4, -0.2) is 42.0 Å². The first-order chi connectivity index (χ1) is 9.79. The molecule has 20 heavy (non-hydrogen) atoms. The summed E-state index contributed by atoms with van der Waals surface area (Å²) < 4.78 is 17.7. The molecular weight excluding hydrogens is 279 g/mol. The maximum Gasteiger partial charge on any atom is 0.166 e. The van der Waals surface area contributed by atoms with E-state index in [2.05, 4.69) is 20.5 Å². The van der Waals surface area contributed by atoms with E-state index in [9.17, 15) is 4.39 Å². The predicted molar refractivity (Wildman–Crippen MR) is 76.2 cm³/mol. The van der Waals surface area contributed by atoms with Gasteiger partial charge in [0, 0.05) is 20.1 Å². The van der Waals surface area contributed by atoms with Crippen molar-refractivity contribution in [2.24, 2.45) is 0 Å². The lowest BCUT2D eigenvalue weighted by atomic mass is 10.3. The smallest absolute Gasteiger partial charge is 0.166 e. The van der Waals surface area contributed by atoms with Crippen LogP contribution >= 0.6 is 11.3 Å². The van der Waals surface area contributed by atoms with Gasteiger partial charge in [0.05, 0.1) is 12.8 Å². The minimum absolute atomic E-state index is 0.347. The number of nitrogens with one attached hydrogen (secondary N) is 1. The van der Waals surface area contributed by atoms with E-state index in [0.717, 1.165) is 42.6 Å². The third-order valence-electron chi connectivity index (χ3n) is 2.64. The molecule has 0 saturated heterocycles. The molecule has 0 aliphatic heterocycles. The Balaban J connectivity index is 1.79. The molecule has 7 heteroatoms. The van der Waals surface area contributed by atoms with Crippen LogP contribution in [0.1, 0.15) is 11.4 Å². The SMILES string of the molecule is COCCNCCCc1nnc(-c2ccc(F)cn2)s1. The number of ether oxygens (including phenoxy) is 1. The van der Waals surface area contributed by atoms with Crippen LogP contribution in [0.5, 0.6) is 0 Å². The van der Waals surface area contributed by atoms with Crippen molar-refractivity contribution in [1.29, 1.82) is 0 Å². The van der Waals surface area contributed by atoms with Crippen LogP contribution in [0.3, 0.4) is 0 Å². The second-order valence-corrected chi connectivity index (χ2v) is 5.27. The van der Waals surface area contributed by atoms with Crippen molar-refractivity contribution in [2.75, 3.05) is 26.8 Å². The van der Waals surface area contributed by atoms with Gasteiger partial charge in [0.25, 0.3) is 0 Å². The average molecular weight is 296 g/mol. The van der Waals surface area contributed by atoms with Crippen LogP contribution in [0.2, 0.25) is 0 Å². The van der Waals surface area contributed by atoms with Crippen molar-refractivity contribution in [3.05, 3.63) is 29.2 Å². The van der Waals surface area contributed by atoms with E-state index >= 15 is 0 Å². The molecule has 0 spiro atoms. The third-order valence-corrected chi connectivity index (χ3v) is 3.65. The van der Waals surface area contributed by atoms with E-state index in [-0.39, 0.29) is 5.82 Å². The summed E-state index contributed by atoms with van der Waals surface area (Å²) in [6.45, 7) is 2.50. The van der Waals surface area contributed by atoms with Crippen LogP contribution < -0.4 is 5.32 Å². The molecule has 1 N–H and O–H groups in total. The molecule has 2 aromatic rings. The Hall–Kier alpha value is -1.44. The molecule has 0 atom stereocenters. The summed E-state index contributed by atoms with van der Waals surface area (Å²) in [5, 5.41) is 13.2. The summed E-state index contributed by atoms with van der Waals surface area (Å²) in [6, 6.07) is 3.00. The lowest BCUT2D eigenvalue weighted by Gasteiger charge is -2.01. The van der Waals surface area contributed by atoms with E-state index in [0.29, 0.717) is 5.69 Å². The first-order valence-electron chi connectivity index (χ1n) is 6.43. The summed E-state index contributed by atoms with van der Waals surface area (Å²) in [7, 11) is 1.69. The predicted octanol–water partition coefficient (Wildman–Crippen LogP) is 1.91. The average Bonchev–Trinajstić information content (AvgIpc) is 2.92. The number of rotatable bonds is 8. The minimum Gasteiger partial charge on any atom is -0.383 e. The van der Waals surface area contributed by atoms with Gasteiger partial charge in [-0.05, 0) is 25.1 Å². The largest absolute Gasteiger partial charge is 0.383 e. The zero-order valence-corrected chi connectivity index (χ0v) is 12.1. The van der Waals surface area contributed by atoms with Gasteiger partial charge in [-0.2, -0.15) is 0 Å². The highest BCUT2D eigenvalue weighted by atomic mass is 32.1. The second kappa shape index (κ2) is 7.98. The van der Waals surface area contributed by atoms with Crippen LogP contribution in [0, 0.1) is 5.82 Å². The number of pyridine rings is 1. The van der Waals surface area contributed by atoms with Crippen molar-refractivity contribution >= 4 is 11.3 Å². The van der Waals surface area contributed by atoms with E-state index in [1.54, 1.807) is 13.2 Å². The Bertz CT molecular complexity index is 517. The van der Waals surface area contributed by atoms with Crippen LogP contribution in [0.15, 0.2) is 18.3 Å². The molecule has 0 radical (unpaired) electrons. The Morgan fingerprint density at radius 3 is 2.95 bits per heavy atom. The Labute approximate surface area is 121 Å². The molecule has 0 saturated carbocycles. The number of methoxy groups -OCH3 is 1. The number of aromatic nitrogens is 3. The number of aryl methyl sites for hydroxylation is 1. The first-order valence-corrected chi connectivity index (χ1v) is 7.25.